The molecule has 0 spiro atoms. The van der Waals surface area contributed by atoms with Crippen molar-refractivity contribution in [3.05, 3.63) is 86.1 Å². The molecule has 1 amide bonds. The maximum Gasteiger partial charge on any atom is 0.356 e. The normalized spacial score (nSPS) is 14.8. The molecule has 0 saturated heterocycles. The minimum absolute atomic E-state index is 0.0721. The maximum absolute atomic E-state index is 13.5. The van der Waals surface area contributed by atoms with E-state index in [1.807, 2.05) is 43.3 Å². The molecule has 2 aromatic carbocycles. The number of rotatable bonds is 5. The van der Waals surface area contributed by atoms with E-state index >= 15 is 0 Å². The van der Waals surface area contributed by atoms with Crippen LogP contribution in [0.3, 0.4) is 0 Å². The van der Waals surface area contributed by atoms with Crippen molar-refractivity contribution in [1.82, 2.24) is 4.57 Å². The average molecular weight is 568 g/mol. The fourth-order valence-electron chi connectivity index (χ4n) is 5.61. The SMILES string of the molecule is Cc1ccc(-c2c(C(=O)OCC(=O)Nc3sc4c(c3C#N)CCC(C(C)(C)C)C4)n(C)c(=O)c3ccccc23)cc1. The fraction of sp³-hybridized carbons (Fsp3) is 0.333. The Morgan fingerprint density at radius 2 is 1.80 bits per heavy atom. The Morgan fingerprint density at radius 3 is 2.46 bits per heavy atom. The van der Waals surface area contributed by atoms with E-state index in [0.29, 0.717) is 32.8 Å². The lowest BCUT2D eigenvalue weighted by molar-refractivity contribution is -0.119. The van der Waals surface area contributed by atoms with E-state index in [-0.39, 0.29) is 16.7 Å². The molecule has 7 nitrogen and oxygen atoms in total. The van der Waals surface area contributed by atoms with E-state index in [4.69, 9.17) is 4.74 Å². The van der Waals surface area contributed by atoms with Gasteiger partial charge in [-0.25, -0.2) is 4.79 Å². The third-order valence-electron chi connectivity index (χ3n) is 8.03. The van der Waals surface area contributed by atoms with Gasteiger partial charge in [-0.15, -0.1) is 11.3 Å². The summed E-state index contributed by atoms with van der Waals surface area (Å²) in [7, 11) is 1.53. The third kappa shape index (κ3) is 5.42. The van der Waals surface area contributed by atoms with Gasteiger partial charge in [0.2, 0.25) is 0 Å². The number of benzene rings is 2. The van der Waals surface area contributed by atoms with Gasteiger partial charge in [-0.3, -0.25) is 9.59 Å². The zero-order valence-corrected chi connectivity index (χ0v) is 24.8. The van der Waals surface area contributed by atoms with Crippen LogP contribution in [0.15, 0.2) is 53.3 Å². The molecule has 41 heavy (non-hydrogen) atoms. The number of thiophene rings is 1. The van der Waals surface area contributed by atoms with Crippen LogP contribution in [-0.2, 0) is 29.4 Å². The van der Waals surface area contributed by atoms with Gasteiger partial charge in [-0.1, -0.05) is 68.8 Å². The number of hydrogen-bond donors (Lipinski definition) is 1. The van der Waals surface area contributed by atoms with Gasteiger partial charge in [-0.2, -0.15) is 5.26 Å². The van der Waals surface area contributed by atoms with E-state index in [0.717, 1.165) is 40.8 Å². The highest BCUT2D eigenvalue weighted by Gasteiger charge is 2.32. The Morgan fingerprint density at radius 1 is 1.12 bits per heavy atom. The van der Waals surface area contributed by atoms with Gasteiger partial charge in [0.1, 0.15) is 16.8 Å². The van der Waals surface area contributed by atoms with Crippen molar-refractivity contribution < 1.29 is 14.3 Å². The van der Waals surface area contributed by atoms with Crippen LogP contribution in [-0.4, -0.2) is 23.1 Å². The van der Waals surface area contributed by atoms with Gasteiger partial charge >= 0.3 is 5.97 Å². The van der Waals surface area contributed by atoms with E-state index in [2.05, 4.69) is 32.2 Å². The highest BCUT2D eigenvalue weighted by Crippen LogP contribution is 2.44. The van der Waals surface area contributed by atoms with E-state index in [1.54, 1.807) is 12.1 Å². The predicted molar refractivity (Wildman–Crippen MR) is 162 cm³/mol. The lowest BCUT2D eigenvalue weighted by Gasteiger charge is -2.33. The van der Waals surface area contributed by atoms with Gasteiger partial charge in [-0.05, 0) is 60.1 Å². The van der Waals surface area contributed by atoms with Crippen molar-refractivity contribution in [2.24, 2.45) is 18.4 Å². The number of aryl methyl sites for hydroxylation is 1. The van der Waals surface area contributed by atoms with Crippen LogP contribution in [0.5, 0.6) is 0 Å². The zero-order chi connectivity index (χ0) is 29.5. The number of nitrogens with zero attached hydrogens (tertiary/aromatic N) is 2. The number of hydrogen-bond acceptors (Lipinski definition) is 6. The first-order chi connectivity index (χ1) is 19.5. The third-order valence-corrected chi connectivity index (χ3v) is 9.20. The molecule has 1 N–H and O–H groups in total. The summed E-state index contributed by atoms with van der Waals surface area (Å²) in [4.78, 5) is 40.7. The standard InChI is InChI=1S/C33H33N3O4S/c1-19-10-12-20(13-11-19)28-23-8-6-7-9-24(23)31(38)36(5)29(28)32(39)40-18-27(37)35-30-25(17-34)22-15-14-21(33(2,3)4)16-26(22)41-30/h6-13,21H,14-16,18H2,1-5H3,(H,35,37). The first-order valence-corrected chi connectivity index (χ1v) is 14.5. The number of aromatic nitrogens is 1. The fourth-order valence-corrected chi connectivity index (χ4v) is 6.90. The number of carbonyl (C=O) groups excluding carboxylic acids is 2. The molecule has 2 aromatic heterocycles. The maximum atomic E-state index is 13.5. The highest BCUT2D eigenvalue weighted by molar-refractivity contribution is 7.16. The summed E-state index contributed by atoms with van der Waals surface area (Å²) in [6.45, 7) is 8.11. The summed E-state index contributed by atoms with van der Waals surface area (Å²) in [6.07, 6.45) is 2.68. The second-order valence-electron chi connectivity index (χ2n) is 11.7. The molecule has 2 heterocycles. The molecular formula is C33H33N3O4S. The molecule has 0 aliphatic heterocycles. The molecule has 8 heteroatoms. The molecule has 1 aliphatic rings. The van der Waals surface area contributed by atoms with E-state index in [1.165, 1.54) is 23.0 Å². The number of pyridine rings is 1. The predicted octanol–water partition coefficient (Wildman–Crippen LogP) is 6.39. The Kier molecular flexibility index (Phi) is 7.58. The van der Waals surface area contributed by atoms with Crippen molar-refractivity contribution in [1.29, 1.82) is 5.26 Å². The van der Waals surface area contributed by atoms with Crippen LogP contribution < -0.4 is 10.9 Å². The summed E-state index contributed by atoms with van der Waals surface area (Å²) < 4.78 is 6.76. The summed E-state index contributed by atoms with van der Waals surface area (Å²) >= 11 is 1.43. The lowest BCUT2D eigenvalue weighted by atomic mass is 9.72. The quantitative estimate of drug-likeness (QED) is 0.282. The van der Waals surface area contributed by atoms with Gasteiger partial charge in [0, 0.05) is 22.9 Å². The summed E-state index contributed by atoms with van der Waals surface area (Å²) in [6, 6.07) is 17.1. The van der Waals surface area contributed by atoms with E-state index < -0.39 is 18.5 Å². The summed E-state index contributed by atoms with van der Waals surface area (Å²) in [5, 5.41) is 14.3. The molecule has 5 rings (SSSR count). The molecule has 1 aliphatic carbocycles. The van der Waals surface area contributed by atoms with Gasteiger partial charge in [0.15, 0.2) is 6.61 Å². The first kappa shape index (κ1) is 28.3. The van der Waals surface area contributed by atoms with Crippen LogP contribution in [0.2, 0.25) is 0 Å². The van der Waals surface area contributed by atoms with Crippen LogP contribution in [0.25, 0.3) is 21.9 Å². The van der Waals surface area contributed by atoms with E-state index in [9.17, 15) is 19.6 Å². The lowest BCUT2D eigenvalue weighted by Crippen LogP contribution is -2.28. The average Bonchev–Trinajstić information content (AvgIpc) is 3.29. The topological polar surface area (TPSA) is 101 Å². The molecule has 4 aromatic rings. The second-order valence-corrected chi connectivity index (χ2v) is 12.9. The summed E-state index contributed by atoms with van der Waals surface area (Å²) in [5.74, 6) is -0.815. The van der Waals surface area contributed by atoms with Crippen molar-refractivity contribution >= 4 is 39.0 Å². The second kappa shape index (κ2) is 11.0. The van der Waals surface area contributed by atoms with Crippen molar-refractivity contribution in [2.75, 3.05) is 11.9 Å². The number of nitrogens with one attached hydrogen (secondary N) is 1. The smallest absolute Gasteiger partial charge is 0.356 e. The number of amides is 1. The van der Waals surface area contributed by atoms with Gasteiger partial charge in [0.25, 0.3) is 11.5 Å². The molecule has 0 radical (unpaired) electrons. The number of ether oxygens (including phenoxy) is 1. The molecule has 1 unspecified atom stereocenters. The number of carbonyl (C=O) groups is 2. The molecule has 0 saturated carbocycles. The molecule has 210 valence electrons. The van der Waals surface area contributed by atoms with Crippen molar-refractivity contribution in [3.63, 3.8) is 0 Å². The number of esters is 1. The zero-order valence-electron chi connectivity index (χ0n) is 24.0. The molecule has 1 atom stereocenters. The molecule has 0 bridgehead atoms. The monoisotopic (exact) mass is 567 g/mol. The minimum Gasteiger partial charge on any atom is -0.451 e. The van der Waals surface area contributed by atoms with Crippen LogP contribution in [0, 0.1) is 29.6 Å². The number of fused-ring (bicyclic) bond motifs is 2. The Labute approximate surface area is 243 Å². The summed E-state index contributed by atoms with van der Waals surface area (Å²) in [5.41, 5.74) is 3.80. The Hall–Kier alpha value is -4.22. The van der Waals surface area contributed by atoms with Crippen LogP contribution >= 0.6 is 11.3 Å². The number of anilines is 1. The van der Waals surface area contributed by atoms with Crippen LogP contribution in [0.4, 0.5) is 5.00 Å². The highest BCUT2D eigenvalue weighted by atomic mass is 32.1. The van der Waals surface area contributed by atoms with Gasteiger partial charge < -0.3 is 14.6 Å². The minimum atomic E-state index is -0.778. The molecular weight excluding hydrogens is 534 g/mol. The first-order valence-electron chi connectivity index (χ1n) is 13.7. The molecule has 0 fully saturated rings. The van der Waals surface area contributed by atoms with Crippen molar-refractivity contribution in [2.45, 2.75) is 47.0 Å². The van der Waals surface area contributed by atoms with Crippen LogP contribution in [0.1, 0.15) is 59.2 Å². The largest absolute Gasteiger partial charge is 0.451 e. The Balaban J connectivity index is 1.40. The van der Waals surface area contributed by atoms with Crippen molar-refractivity contribution in [3.8, 4) is 17.2 Å². The number of nitriles is 1. The van der Waals surface area contributed by atoms with Gasteiger partial charge in [0.05, 0.1) is 5.56 Å². The Bertz CT molecular complexity index is 1770.